The minimum absolute atomic E-state index is 0.306. The number of nitrogens with zero attached hydrogens (tertiary/aromatic N) is 7. The van der Waals surface area contributed by atoms with Gasteiger partial charge in [0.1, 0.15) is 12.7 Å². The van der Waals surface area contributed by atoms with Crippen LogP contribution in [0.4, 0.5) is 11.9 Å². The Morgan fingerprint density at radius 1 is 1.32 bits per heavy atom. The number of rotatable bonds is 5. The molecular formula is C11H18N8. The quantitative estimate of drug-likeness (QED) is 0.850. The second kappa shape index (κ2) is 5.59. The molecule has 1 N–H and O–H groups in total. The van der Waals surface area contributed by atoms with Gasteiger partial charge in [-0.3, -0.25) is 0 Å². The van der Waals surface area contributed by atoms with Gasteiger partial charge in [-0.25, -0.2) is 4.98 Å². The molecule has 0 aliphatic rings. The monoisotopic (exact) mass is 262 g/mol. The van der Waals surface area contributed by atoms with Crippen molar-refractivity contribution >= 4 is 11.9 Å². The summed E-state index contributed by atoms with van der Waals surface area (Å²) in [4.78, 5) is 19.1. The first-order valence-electron chi connectivity index (χ1n) is 6.21. The molecule has 0 amide bonds. The molecular weight excluding hydrogens is 244 g/mol. The third kappa shape index (κ3) is 2.78. The minimum Gasteiger partial charge on any atom is -0.357 e. The van der Waals surface area contributed by atoms with Crippen molar-refractivity contribution in [3.05, 3.63) is 12.7 Å². The van der Waals surface area contributed by atoms with Gasteiger partial charge in [0.25, 0.3) is 5.95 Å². The van der Waals surface area contributed by atoms with Crippen LogP contribution in [0.25, 0.3) is 5.95 Å². The Bertz CT molecular complexity index is 521. The zero-order chi connectivity index (χ0) is 13.8. The fourth-order valence-electron chi connectivity index (χ4n) is 1.75. The molecule has 8 heteroatoms. The lowest BCUT2D eigenvalue weighted by atomic mass is 10.3. The Morgan fingerprint density at radius 2 is 2.11 bits per heavy atom. The van der Waals surface area contributed by atoms with Crippen LogP contribution in [0.3, 0.4) is 0 Å². The molecule has 0 fully saturated rings. The summed E-state index contributed by atoms with van der Waals surface area (Å²) < 4.78 is 1.51. The molecule has 102 valence electrons. The Morgan fingerprint density at radius 3 is 2.63 bits per heavy atom. The van der Waals surface area contributed by atoms with Gasteiger partial charge in [0.15, 0.2) is 0 Å². The molecule has 0 saturated carbocycles. The van der Waals surface area contributed by atoms with Gasteiger partial charge in [-0.05, 0) is 20.8 Å². The molecule has 0 spiro atoms. The summed E-state index contributed by atoms with van der Waals surface area (Å²) in [6, 6.07) is 0.306. The molecule has 0 atom stereocenters. The third-order valence-corrected chi connectivity index (χ3v) is 2.68. The maximum Gasteiger partial charge on any atom is 0.258 e. The first-order chi connectivity index (χ1) is 9.15. The topological polar surface area (TPSA) is 84.7 Å². The summed E-state index contributed by atoms with van der Waals surface area (Å²) >= 11 is 0. The van der Waals surface area contributed by atoms with Gasteiger partial charge in [-0.2, -0.15) is 24.7 Å². The summed E-state index contributed by atoms with van der Waals surface area (Å²) in [6.07, 6.45) is 3.01. The second-order valence-corrected chi connectivity index (χ2v) is 4.23. The van der Waals surface area contributed by atoms with Crippen molar-refractivity contribution in [3.8, 4) is 5.95 Å². The van der Waals surface area contributed by atoms with Gasteiger partial charge in [0.2, 0.25) is 11.9 Å². The lowest BCUT2D eigenvalue weighted by molar-refractivity contribution is 0.671. The molecule has 0 aromatic carbocycles. The van der Waals surface area contributed by atoms with Gasteiger partial charge < -0.3 is 10.2 Å². The summed E-state index contributed by atoms with van der Waals surface area (Å²) in [7, 11) is 1.77. The largest absolute Gasteiger partial charge is 0.357 e. The normalized spacial score (nSPS) is 10.8. The van der Waals surface area contributed by atoms with Crippen LogP contribution < -0.4 is 10.2 Å². The summed E-state index contributed by atoms with van der Waals surface area (Å²) in [5.74, 6) is 1.59. The number of hydrogen-bond donors (Lipinski definition) is 1. The molecule has 8 nitrogen and oxygen atoms in total. The van der Waals surface area contributed by atoms with Crippen molar-refractivity contribution in [2.45, 2.75) is 26.8 Å². The number of aromatic nitrogens is 6. The van der Waals surface area contributed by atoms with Crippen molar-refractivity contribution in [1.82, 2.24) is 29.7 Å². The van der Waals surface area contributed by atoms with Crippen LogP contribution in [0.2, 0.25) is 0 Å². The Kier molecular flexibility index (Phi) is 3.88. The van der Waals surface area contributed by atoms with E-state index in [2.05, 4.69) is 56.0 Å². The van der Waals surface area contributed by atoms with Crippen molar-refractivity contribution in [2.24, 2.45) is 0 Å². The molecule has 0 saturated heterocycles. The van der Waals surface area contributed by atoms with Crippen molar-refractivity contribution in [1.29, 1.82) is 0 Å². The molecule has 2 aromatic rings. The maximum atomic E-state index is 4.44. The zero-order valence-corrected chi connectivity index (χ0v) is 11.6. The highest BCUT2D eigenvalue weighted by molar-refractivity contribution is 5.40. The van der Waals surface area contributed by atoms with E-state index in [4.69, 9.17) is 0 Å². The molecule has 0 aliphatic carbocycles. The fourth-order valence-corrected chi connectivity index (χ4v) is 1.75. The first-order valence-corrected chi connectivity index (χ1v) is 6.21. The van der Waals surface area contributed by atoms with Gasteiger partial charge in [0.05, 0.1) is 0 Å². The van der Waals surface area contributed by atoms with Crippen molar-refractivity contribution < 1.29 is 0 Å². The van der Waals surface area contributed by atoms with Gasteiger partial charge in [-0.15, -0.1) is 0 Å². The predicted octanol–water partition coefficient (Wildman–Crippen LogP) is 0.729. The molecule has 2 aromatic heterocycles. The minimum atomic E-state index is 0.306. The van der Waals surface area contributed by atoms with E-state index in [0.717, 1.165) is 6.54 Å². The van der Waals surface area contributed by atoms with Gasteiger partial charge in [-0.1, -0.05) is 0 Å². The molecule has 0 radical (unpaired) electrons. The van der Waals surface area contributed by atoms with Gasteiger partial charge in [0, 0.05) is 19.6 Å². The average Bonchev–Trinajstić information content (AvgIpc) is 2.92. The van der Waals surface area contributed by atoms with E-state index < -0.39 is 0 Å². The van der Waals surface area contributed by atoms with Crippen LogP contribution in [-0.2, 0) is 0 Å². The Balaban J connectivity index is 2.47. The fraction of sp³-hybridized carbons (Fsp3) is 0.545. The van der Waals surface area contributed by atoms with E-state index in [1.54, 1.807) is 13.4 Å². The smallest absolute Gasteiger partial charge is 0.258 e. The van der Waals surface area contributed by atoms with Gasteiger partial charge >= 0.3 is 0 Å². The Labute approximate surface area is 111 Å². The van der Waals surface area contributed by atoms with Crippen LogP contribution in [0.15, 0.2) is 12.7 Å². The molecule has 2 rings (SSSR count). The van der Waals surface area contributed by atoms with E-state index in [0.29, 0.717) is 23.9 Å². The van der Waals surface area contributed by atoms with E-state index in [1.165, 1.54) is 11.0 Å². The lowest BCUT2D eigenvalue weighted by Gasteiger charge is -2.25. The lowest BCUT2D eigenvalue weighted by Crippen LogP contribution is -2.32. The van der Waals surface area contributed by atoms with E-state index >= 15 is 0 Å². The van der Waals surface area contributed by atoms with Crippen LogP contribution >= 0.6 is 0 Å². The molecule has 0 unspecified atom stereocenters. The average molecular weight is 262 g/mol. The number of anilines is 2. The van der Waals surface area contributed by atoms with Crippen LogP contribution in [0, 0.1) is 0 Å². The summed E-state index contributed by atoms with van der Waals surface area (Å²) in [5, 5.41) is 6.98. The summed E-state index contributed by atoms with van der Waals surface area (Å²) in [5.41, 5.74) is 0. The van der Waals surface area contributed by atoms with E-state index in [9.17, 15) is 0 Å². The highest BCUT2D eigenvalue weighted by atomic mass is 15.4. The molecule has 2 heterocycles. The van der Waals surface area contributed by atoms with E-state index in [-0.39, 0.29) is 0 Å². The molecule has 0 aliphatic heterocycles. The van der Waals surface area contributed by atoms with Crippen LogP contribution in [-0.4, -0.2) is 49.4 Å². The zero-order valence-electron chi connectivity index (χ0n) is 11.6. The first kappa shape index (κ1) is 13.2. The standard InChI is InChI=1S/C11H18N8/c1-5-18(8(2)3)10-15-9(12-4)16-11(17-10)19-7-13-6-14-19/h6-8H,5H2,1-4H3,(H,12,15,16,17). The third-order valence-electron chi connectivity index (χ3n) is 2.68. The maximum absolute atomic E-state index is 4.44. The molecule has 0 bridgehead atoms. The number of nitrogens with one attached hydrogen (secondary N) is 1. The number of hydrogen-bond acceptors (Lipinski definition) is 7. The highest BCUT2D eigenvalue weighted by Crippen LogP contribution is 2.14. The SMILES string of the molecule is CCN(c1nc(NC)nc(-n2cncn2)n1)C(C)C. The van der Waals surface area contributed by atoms with Crippen molar-refractivity contribution in [2.75, 3.05) is 23.8 Å². The van der Waals surface area contributed by atoms with Crippen molar-refractivity contribution in [3.63, 3.8) is 0 Å². The summed E-state index contributed by atoms with van der Waals surface area (Å²) in [6.45, 7) is 7.09. The highest BCUT2D eigenvalue weighted by Gasteiger charge is 2.15. The Hall–Kier alpha value is -2.25. The second-order valence-electron chi connectivity index (χ2n) is 4.23. The van der Waals surface area contributed by atoms with Crippen LogP contribution in [0.1, 0.15) is 20.8 Å². The molecule has 19 heavy (non-hydrogen) atoms. The predicted molar refractivity (Wildman–Crippen MR) is 72.4 cm³/mol. The van der Waals surface area contributed by atoms with E-state index in [1.807, 2.05) is 0 Å². The van der Waals surface area contributed by atoms with Crippen LogP contribution in [0.5, 0.6) is 0 Å².